The number of rotatable bonds is 9. The van der Waals surface area contributed by atoms with Crippen molar-refractivity contribution in [3.05, 3.63) is 22.8 Å². The Labute approximate surface area is 249 Å². The molecule has 236 valence electrons. The summed E-state index contributed by atoms with van der Waals surface area (Å²) >= 11 is 0. The summed E-state index contributed by atoms with van der Waals surface area (Å²) in [7, 11) is 0. The Morgan fingerprint density at radius 2 is 1.60 bits per heavy atom. The van der Waals surface area contributed by atoms with Gasteiger partial charge in [0.05, 0.1) is 6.10 Å². The number of hydrogen-bond donors (Lipinski definition) is 1. The van der Waals surface area contributed by atoms with Crippen molar-refractivity contribution in [3.63, 3.8) is 0 Å². The van der Waals surface area contributed by atoms with E-state index in [0.29, 0.717) is 11.1 Å². The molecule has 1 fully saturated rings. The molecule has 1 amide bonds. The van der Waals surface area contributed by atoms with Crippen LogP contribution in [0.4, 0.5) is 0 Å². The van der Waals surface area contributed by atoms with Crippen LogP contribution in [0.5, 0.6) is 11.5 Å². The third kappa shape index (κ3) is 7.70. The van der Waals surface area contributed by atoms with E-state index in [1.807, 2.05) is 13.8 Å². The SMILES string of the molecule is CC(=O)Oc1cc(OC(C)=O)c2c(c1C)CC([C@H](C)[C@H](CC1O[C@H](C(N)=O)C[C@@H](OC(C)=O)C1(C)C)OC(C)=O)OC2=O. The van der Waals surface area contributed by atoms with Crippen molar-refractivity contribution in [2.75, 3.05) is 0 Å². The molecule has 1 aromatic rings. The highest BCUT2D eigenvalue weighted by Gasteiger charge is 2.50. The number of primary amides is 1. The summed E-state index contributed by atoms with van der Waals surface area (Å²) in [5.74, 6) is -4.52. The second-order valence-electron chi connectivity index (χ2n) is 11.6. The lowest BCUT2D eigenvalue weighted by molar-refractivity contribution is -0.206. The molecule has 6 atom stereocenters. The Kier molecular flexibility index (Phi) is 10.2. The Balaban J connectivity index is 1.99. The topological polar surface area (TPSA) is 184 Å². The lowest BCUT2D eigenvalue weighted by Gasteiger charge is -2.47. The van der Waals surface area contributed by atoms with E-state index >= 15 is 0 Å². The molecule has 13 nitrogen and oxygen atoms in total. The van der Waals surface area contributed by atoms with Gasteiger partial charge in [-0.2, -0.15) is 0 Å². The van der Waals surface area contributed by atoms with Gasteiger partial charge in [0.15, 0.2) is 0 Å². The van der Waals surface area contributed by atoms with Crippen molar-refractivity contribution in [1.82, 2.24) is 0 Å². The summed E-state index contributed by atoms with van der Waals surface area (Å²) in [4.78, 5) is 73.0. The molecule has 1 aromatic carbocycles. The maximum atomic E-state index is 13.3. The first-order valence-corrected chi connectivity index (χ1v) is 14.0. The van der Waals surface area contributed by atoms with E-state index < -0.39 is 77.6 Å². The average Bonchev–Trinajstić information content (AvgIpc) is 2.86. The van der Waals surface area contributed by atoms with E-state index in [1.54, 1.807) is 13.8 Å². The van der Waals surface area contributed by atoms with Gasteiger partial charge in [-0.25, -0.2) is 4.79 Å². The molecule has 0 radical (unpaired) electrons. The van der Waals surface area contributed by atoms with Crippen LogP contribution >= 0.6 is 0 Å². The van der Waals surface area contributed by atoms with Gasteiger partial charge in [-0.15, -0.1) is 0 Å². The number of cyclic esters (lactones) is 1. The Morgan fingerprint density at radius 1 is 1.00 bits per heavy atom. The molecule has 3 rings (SSSR count). The highest BCUT2D eigenvalue weighted by Crippen LogP contribution is 2.43. The molecule has 2 aliphatic heterocycles. The largest absolute Gasteiger partial charge is 0.462 e. The fourth-order valence-electron chi connectivity index (χ4n) is 5.60. The minimum atomic E-state index is -1.04. The molecule has 0 spiro atoms. The summed E-state index contributed by atoms with van der Waals surface area (Å²) < 4.78 is 33.7. The minimum absolute atomic E-state index is 0.0290. The fraction of sp³-hybridized carbons (Fsp3) is 0.600. The van der Waals surface area contributed by atoms with Gasteiger partial charge < -0.3 is 34.2 Å². The predicted octanol–water partition coefficient (Wildman–Crippen LogP) is 2.49. The molecule has 0 bridgehead atoms. The van der Waals surface area contributed by atoms with Crippen LogP contribution in [0.1, 0.15) is 82.8 Å². The van der Waals surface area contributed by atoms with Gasteiger partial charge >= 0.3 is 29.8 Å². The van der Waals surface area contributed by atoms with E-state index in [2.05, 4.69) is 0 Å². The first-order chi connectivity index (χ1) is 19.9. The second-order valence-corrected chi connectivity index (χ2v) is 11.6. The van der Waals surface area contributed by atoms with Gasteiger partial charge in [-0.05, 0) is 18.1 Å². The standard InChI is InChI=1S/C30H39NO12/c1-13-19-9-20(43-29(37)27(19)23(40-17(5)34)10-21(13)38-15(3)32)14(2)22(39-16(4)33)11-26-30(7,8)25(41-18(6)35)12-24(42-26)28(31)36/h10,14,20,22,24-26H,9,11-12H2,1-8H3,(H2,31,36)/t14-,20?,22-,24-,25+,26?/m0/s1. The van der Waals surface area contributed by atoms with Crippen molar-refractivity contribution in [2.45, 2.75) is 105 Å². The van der Waals surface area contributed by atoms with Gasteiger partial charge in [0, 0.05) is 64.4 Å². The van der Waals surface area contributed by atoms with Crippen LogP contribution in [0.25, 0.3) is 0 Å². The number of fused-ring (bicyclic) bond motifs is 1. The summed E-state index contributed by atoms with van der Waals surface area (Å²) in [6.45, 7) is 11.9. The van der Waals surface area contributed by atoms with Crippen molar-refractivity contribution < 1.29 is 57.2 Å². The number of carbonyl (C=O) groups is 6. The zero-order valence-electron chi connectivity index (χ0n) is 25.6. The Morgan fingerprint density at radius 3 is 2.14 bits per heavy atom. The molecule has 43 heavy (non-hydrogen) atoms. The third-order valence-electron chi connectivity index (χ3n) is 7.99. The monoisotopic (exact) mass is 605 g/mol. The minimum Gasteiger partial charge on any atom is -0.462 e. The summed E-state index contributed by atoms with van der Waals surface area (Å²) in [5, 5.41) is 0. The smallest absolute Gasteiger partial charge is 0.342 e. The molecule has 0 aromatic heterocycles. The molecule has 1 saturated heterocycles. The van der Waals surface area contributed by atoms with Gasteiger partial charge in [0.25, 0.3) is 0 Å². The summed E-state index contributed by atoms with van der Waals surface area (Å²) in [6, 6.07) is 1.29. The van der Waals surface area contributed by atoms with Crippen LogP contribution in [-0.4, -0.2) is 66.3 Å². The van der Waals surface area contributed by atoms with Crippen molar-refractivity contribution >= 4 is 35.8 Å². The molecular formula is C30H39NO12. The molecular weight excluding hydrogens is 566 g/mol. The number of amides is 1. The number of ether oxygens (including phenoxy) is 6. The lowest BCUT2D eigenvalue weighted by atomic mass is 9.72. The molecule has 13 heteroatoms. The van der Waals surface area contributed by atoms with Crippen molar-refractivity contribution in [2.24, 2.45) is 17.1 Å². The highest BCUT2D eigenvalue weighted by molar-refractivity contribution is 5.97. The zero-order valence-corrected chi connectivity index (χ0v) is 25.6. The molecule has 0 saturated carbocycles. The van der Waals surface area contributed by atoms with Crippen LogP contribution in [0, 0.1) is 18.3 Å². The quantitative estimate of drug-likeness (QED) is 0.247. The molecule has 2 heterocycles. The average molecular weight is 606 g/mol. The fourth-order valence-corrected chi connectivity index (χ4v) is 5.60. The first kappa shape index (κ1) is 33.5. The van der Waals surface area contributed by atoms with E-state index in [0.717, 1.165) is 0 Å². The third-order valence-corrected chi connectivity index (χ3v) is 7.99. The van der Waals surface area contributed by atoms with E-state index in [9.17, 15) is 28.8 Å². The normalized spacial score (nSPS) is 24.0. The number of hydrogen-bond acceptors (Lipinski definition) is 12. The Hall–Kier alpha value is -4.00. The second kappa shape index (κ2) is 13.1. The zero-order chi connectivity index (χ0) is 32.4. The van der Waals surface area contributed by atoms with E-state index in [-0.39, 0.29) is 36.3 Å². The van der Waals surface area contributed by atoms with Gasteiger partial charge in [0.2, 0.25) is 5.91 Å². The first-order valence-electron chi connectivity index (χ1n) is 14.0. The number of benzene rings is 1. The summed E-state index contributed by atoms with van der Waals surface area (Å²) in [6.07, 6.45) is -3.98. The molecule has 2 unspecified atom stereocenters. The number of nitrogens with two attached hydrogens (primary N) is 1. The van der Waals surface area contributed by atoms with Gasteiger partial charge in [-0.3, -0.25) is 24.0 Å². The van der Waals surface area contributed by atoms with E-state index in [1.165, 1.54) is 33.8 Å². The van der Waals surface area contributed by atoms with Crippen molar-refractivity contribution in [1.29, 1.82) is 0 Å². The van der Waals surface area contributed by atoms with Crippen molar-refractivity contribution in [3.8, 4) is 11.5 Å². The van der Waals surface area contributed by atoms with Gasteiger partial charge in [0.1, 0.15) is 41.5 Å². The predicted molar refractivity (Wildman–Crippen MR) is 148 cm³/mol. The van der Waals surface area contributed by atoms with Crippen LogP contribution in [-0.2, 0) is 49.3 Å². The molecule has 2 N–H and O–H groups in total. The molecule has 2 aliphatic rings. The lowest BCUT2D eigenvalue weighted by Crippen LogP contribution is -2.56. The number of esters is 5. The van der Waals surface area contributed by atoms with Crippen LogP contribution in [0.15, 0.2) is 6.07 Å². The van der Waals surface area contributed by atoms with Gasteiger partial charge in [-0.1, -0.05) is 20.8 Å². The maximum absolute atomic E-state index is 13.3. The van der Waals surface area contributed by atoms with Crippen LogP contribution in [0.3, 0.4) is 0 Å². The summed E-state index contributed by atoms with van der Waals surface area (Å²) in [5.41, 5.74) is 5.68. The highest BCUT2D eigenvalue weighted by atomic mass is 16.6. The van der Waals surface area contributed by atoms with Crippen LogP contribution in [0.2, 0.25) is 0 Å². The Bertz CT molecular complexity index is 1320. The van der Waals surface area contributed by atoms with E-state index in [4.69, 9.17) is 34.2 Å². The molecule has 0 aliphatic carbocycles. The number of carbonyl (C=O) groups excluding carboxylic acids is 6. The van der Waals surface area contributed by atoms with Crippen LogP contribution < -0.4 is 15.2 Å². The maximum Gasteiger partial charge on any atom is 0.342 e.